The van der Waals surface area contributed by atoms with Gasteiger partial charge in [0, 0.05) is 18.3 Å². The standard InChI is InChI=1S/C17H28N2O2S/c1-5-7-8-13(6-2)12-18-17(22)19-14-9-10-15(20-3)16(11-14)21-4/h9-11,13H,5-8,12H2,1-4H3,(H2,18,19,22)/t13-/m0/s1. The highest BCUT2D eigenvalue weighted by molar-refractivity contribution is 7.80. The van der Waals surface area contributed by atoms with Crippen molar-refractivity contribution in [3.05, 3.63) is 18.2 Å². The van der Waals surface area contributed by atoms with Gasteiger partial charge in [-0.25, -0.2) is 0 Å². The Morgan fingerprint density at radius 2 is 1.91 bits per heavy atom. The second-order valence-electron chi connectivity index (χ2n) is 5.32. The van der Waals surface area contributed by atoms with Crippen molar-refractivity contribution in [1.82, 2.24) is 5.32 Å². The Hall–Kier alpha value is -1.49. The van der Waals surface area contributed by atoms with Gasteiger partial charge in [-0.05, 0) is 36.7 Å². The highest BCUT2D eigenvalue weighted by Gasteiger charge is 2.08. The van der Waals surface area contributed by atoms with E-state index in [0.717, 1.165) is 12.2 Å². The summed E-state index contributed by atoms with van der Waals surface area (Å²) in [5.41, 5.74) is 0.886. The molecule has 0 aliphatic carbocycles. The molecule has 124 valence electrons. The summed E-state index contributed by atoms with van der Waals surface area (Å²) >= 11 is 5.36. The number of benzene rings is 1. The fourth-order valence-electron chi connectivity index (χ4n) is 2.27. The highest BCUT2D eigenvalue weighted by atomic mass is 32.1. The van der Waals surface area contributed by atoms with Gasteiger partial charge in [0.15, 0.2) is 16.6 Å². The van der Waals surface area contributed by atoms with Crippen LogP contribution in [0.3, 0.4) is 0 Å². The molecular formula is C17H28N2O2S. The first kappa shape index (κ1) is 18.6. The van der Waals surface area contributed by atoms with E-state index in [0.29, 0.717) is 22.5 Å². The van der Waals surface area contributed by atoms with E-state index in [1.165, 1.54) is 25.7 Å². The lowest BCUT2D eigenvalue weighted by molar-refractivity contribution is 0.355. The van der Waals surface area contributed by atoms with Crippen molar-refractivity contribution in [2.24, 2.45) is 5.92 Å². The Balaban J connectivity index is 2.50. The van der Waals surface area contributed by atoms with Gasteiger partial charge < -0.3 is 20.1 Å². The van der Waals surface area contributed by atoms with Crippen molar-refractivity contribution in [1.29, 1.82) is 0 Å². The van der Waals surface area contributed by atoms with Crippen molar-refractivity contribution >= 4 is 23.0 Å². The Bertz CT molecular complexity index is 466. The van der Waals surface area contributed by atoms with Crippen LogP contribution in [0.15, 0.2) is 18.2 Å². The molecule has 0 heterocycles. The minimum atomic E-state index is 0.641. The van der Waals surface area contributed by atoms with Crippen LogP contribution >= 0.6 is 12.2 Å². The monoisotopic (exact) mass is 324 g/mol. The molecule has 0 aliphatic rings. The lowest BCUT2D eigenvalue weighted by Crippen LogP contribution is -2.32. The zero-order valence-electron chi connectivity index (χ0n) is 14.1. The number of nitrogens with one attached hydrogen (secondary N) is 2. The summed E-state index contributed by atoms with van der Waals surface area (Å²) in [7, 11) is 3.25. The molecule has 2 N–H and O–H groups in total. The maximum absolute atomic E-state index is 5.36. The average molecular weight is 324 g/mol. The van der Waals surface area contributed by atoms with Crippen molar-refractivity contribution in [2.75, 3.05) is 26.1 Å². The van der Waals surface area contributed by atoms with E-state index in [9.17, 15) is 0 Å². The SMILES string of the molecule is CCCC[C@H](CC)CNC(=S)Nc1ccc(OC)c(OC)c1. The molecule has 0 unspecified atom stereocenters. The summed E-state index contributed by atoms with van der Waals surface area (Å²) in [5.74, 6) is 2.06. The molecule has 0 saturated heterocycles. The van der Waals surface area contributed by atoms with E-state index in [1.54, 1.807) is 14.2 Å². The molecule has 1 atom stereocenters. The molecule has 0 aliphatic heterocycles. The number of hydrogen-bond acceptors (Lipinski definition) is 3. The molecule has 0 radical (unpaired) electrons. The molecule has 1 rings (SSSR count). The fraction of sp³-hybridized carbons (Fsp3) is 0.588. The molecule has 1 aromatic rings. The van der Waals surface area contributed by atoms with Crippen LogP contribution in [0.1, 0.15) is 39.5 Å². The molecule has 1 aromatic carbocycles. The third-order valence-corrected chi connectivity index (χ3v) is 3.98. The van der Waals surface area contributed by atoms with Gasteiger partial charge in [-0.1, -0.05) is 33.1 Å². The van der Waals surface area contributed by atoms with Gasteiger partial charge in [0.25, 0.3) is 0 Å². The van der Waals surface area contributed by atoms with Crippen LogP contribution in [-0.2, 0) is 0 Å². The number of hydrogen-bond donors (Lipinski definition) is 2. The number of unbranched alkanes of at least 4 members (excludes halogenated alkanes) is 1. The first-order chi connectivity index (χ1) is 10.6. The van der Waals surface area contributed by atoms with Crippen LogP contribution in [0.5, 0.6) is 11.5 Å². The van der Waals surface area contributed by atoms with Gasteiger partial charge >= 0.3 is 0 Å². The third kappa shape index (κ3) is 6.10. The summed E-state index contributed by atoms with van der Waals surface area (Å²) < 4.78 is 10.5. The van der Waals surface area contributed by atoms with Crippen LogP contribution < -0.4 is 20.1 Å². The highest BCUT2D eigenvalue weighted by Crippen LogP contribution is 2.29. The molecule has 0 aromatic heterocycles. The van der Waals surface area contributed by atoms with E-state index in [1.807, 2.05) is 18.2 Å². The van der Waals surface area contributed by atoms with Crippen LogP contribution in [0.2, 0.25) is 0 Å². The summed E-state index contributed by atoms with van der Waals surface area (Å²) in [6.07, 6.45) is 4.94. The summed E-state index contributed by atoms with van der Waals surface area (Å²) in [6, 6.07) is 5.66. The maximum Gasteiger partial charge on any atom is 0.170 e. The quantitative estimate of drug-likeness (QED) is 0.666. The first-order valence-corrected chi connectivity index (χ1v) is 8.32. The molecule has 5 heteroatoms. The van der Waals surface area contributed by atoms with E-state index >= 15 is 0 Å². The minimum Gasteiger partial charge on any atom is -0.493 e. The van der Waals surface area contributed by atoms with E-state index in [4.69, 9.17) is 21.7 Å². The van der Waals surface area contributed by atoms with Crippen molar-refractivity contribution in [3.63, 3.8) is 0 Å². The van der Waals surface area contributed by atoms with E-state index in [2.05, 4.69) is 24.5 Å². The lowest BCUT2D eigenvalue weighted by Gasteiger charge is -2.17. The van der Waals surface area contributed by atoms with Gasteiger partial charge in [-0.15, -0.1) is 0 Å². The predicted molar refractivity (Wildman–Crippen MR) is 97.1 cm³/mol. The Morgan fingerprint density at radius 1 is 1.18 bits per heavy atom. The van der Waals surface area contributed by atoms with Gasteiger partial charge in [0.1, 0.15) is 0 Å². The molecule has 4 nitrogen and oxygen atoms in total. The normalized spacial score (nSPS) is 11.6. The first-order valence-electron chi connectivity index (χ1n) is 7.91. The number of anilines is 1. The molecule has 0 amide bonds. The van der Waals surface area contributed by atoms with Gasteiger partial charge in [-0.2, -0.15) is 0 Å². The van der Waals surface area contributed by atoms with Crippen molar-refractivity contribution < 1.29 is 9.47 Å². The smallest absolute Gasteiger partial charge is 0.170 e. The molecule has 22 heavy (non-hydrogen) atoms. The van der Waals surface area contributed by atoms with Crippen LogP contribution in [0.25, 0.3) is 0 Å². The molecule has 0 fully saturated rings. The zero-order valence-corrected chi connectivity index (χ0v) is 14.9. The van der Waals surface area contributed by atoms with Gasteiger partial charge in [0.05, 0.1) is 14.2 Å². The second-order valence-corrected chi connectivity index (χ2v) is 5.73. The minimum absolute atomic E-state index is 0.641. The molecule has 0 bridgehead atoms. The van der Waals surface area contributed by atoms with E-state index in [-0.39, 0.29) is 0 Å². The Kier molecular flexibility index (Phi) is 8.67. The number of rotatable bonds is 9. The van der Waals surface area contributed by atoms with Gasteiger partial charge in [0.2, 0.25) is 0 Å². The van der Waals surface area contributed by atoms with E-state index < -0.39 is 0 Å². The van der Waals surface area contributed by atoms with Crippen molar-refractivity contribution in [3.8, 4) is 11.5 Å². The Morgan fingerprint density at radius 3 is 2.50 bits per heavy atom. The molecule has 0 saturated carbocycles. The number of methoxy groups -OCH3 is 2. The topological polar surface area (TPSA) is 42.5 Å². The zero-order chi connectivity index (χ0) is 16.4. The Labute approximate surface area is 139 Å². The van der Waals surface area contributed by atoms with Crippen LogP contribution in [0, 0.1) is 5.92 Å². The third-order valence-electron chi connectivity index (χ3n) is 3.74. The van der Waals surface area contributed by atoms with Crippen molar-refractivity contribution in [2.45, 2.75) is 39.5 Å². The number of ether oxygens (including phenoxy) is 2. The summed E-state index contributed by atoms with van der Waals surface area (Å²) in [5, 5.41) is 7.13. The summed E-state index contributed by atoms with van der Waals surface area (Å²) in [6.45, 7) is 5.37. The van der Waals surface area contributed by atoms with Crippen LogP contribution in [-0.4, -0.2) is 25.9 Å². The lowest BCUT2D eigenvalue weighted by atomic mass is 9.99. The molecular weight excluding hydrogens is 296 g/mol. The van der Waals surface area contributed by atoms with Crippen LogP contribution in [0.4, 0.5) is 5.69 Å². The average Bonchev–Trinajstić information content (AvgIpc) is 2.54. The second kappa shape index (κ2) is 10.3. The van der Waals surface area contributed by atoms with Gasteiger partial charge in [-0.3, -0.25) is 0 Å². The number of thiocarbonyl (C=S) groups is 1. The summed E-state index contributed by atoms with van der Waals surface area (Å²) in [4.78, 5) is 0. The fourth-order valence-corrected chi connectivity index (χ4v) is 2.47. The molecule has 0 spiro atoms. The predicted octanol–water partition coefficient (Wildman–Crippen LogP) is 4.21. The largest absolute Gasteiger partial charge is 0.493 e. The maximum atomic E-state index is 5.36.